The molecule has 6 nitrogen and oxygen atoms in total. The van der Waals surface area contributed by atoms with Gasteiger partial charge in [-0.05, 0) is 44.3 Å². The van der Waals surface area contributed by atoms with Crippen LogP contribution in [0, 0.1) is 17.0 Å². The highest BCUT2D eigenvalue weighted by atomic mass is 16.6. The van der Waals surface area contributed by atoms with Crippen molar-refractivity contribution in [3.05, 3.63) is 74.8 Å². The number of nitro benzene ring substituents is 1. The number of nitrogens with one attached hydrogen (secondary N) is 1. The Hall–Kier alpha value is -2.73. The Morgan fingerprint density at radius 1 is 1.12 bits per heavy atom. The van der Waals surface area contributed by atoms with Crippen LogP contribution in [0.15, 0.2) is 42.5 Å². The van der Waals surface area contributed by atoms with Crippen LogP contribution in [-0.2, 0) is 13.1 Å². The van der Waals surface area contributed by atoms with E-state index < -0.39 is 4.92 Å². The molecule has 0 aliphatic rings. The maximum Gasteiger partial charge on any atom is 0.272 e. The van der Waals surface area contributed by atoms with Gasteiger partial charge in [0, 0.05) is 30.3 Å². The third-order valence-electron chi connectivity index (χ3n) is 3.63. The minimum absolute atomic E-state index is 0.0167. The van der Waals surface area contributed by atoms with Gasteiger partial charge in [-0.15, -0.1) is 0 Å². The van der Waals surface area contributed by atoms with E-state index in [-0.39, 0.29) is 11.6 Å². The summed E-state index contributed by atoms with van der Waals surface area (Å²) in [6.45, 7) is 2.91. The SMILES string of the molecule is Cc1cc(C(=O)NCc2ccc(CN(C)C)cc2)ccc1[N+](=O)[O-]. The van der Waals surface area contributed by atoms with Gasteiger partial charge in [0.05, 0.1) is 4.92 Å². The van der Waals surface area contributed by atoms with Gasteiger partial charge in [0.1, 0.15) is 0 Å². The van der Waals surface area contributed by atoms with Crippen molar-refractivity contribution in [3.8, 4) is 0 Å². The molecule has 0 aromatic heterocycles. The fourth-order valence-electron chi connectivity index (χ4n) is 2.41. The lowest BCUT2D eigenvalue weighted by Gasteiger charge is -2.10. The van der Waals surface area contributed by atoms with E-state index in [1.54, 1.807) is 6.92 Å². The third kappa shape index (κ3) is 4.63. The van der Waals surface area contributed by atoms with Crippen molar-refractivity contribution in [2.45, 2.75) is 20.0 Å². The molecular formula is C18H21N3O3. The zero-order chi connectivity index (χ0) is 17.7. The summed E-state index contributed by atoms with van der Waals surface area (Å²) in [5.41, 5.74) is 3.12. The standard InChI is InChI=1S/C18H21N3O3/c1-13-10-16(8-9-17(13)21(23)24)18(22)19-11-14-4-6-15(7-5-14)12-20(2)3/h4-10H,11-12H2,1-3H3,(H,19,22). The zero-order valence-corrected chi connectivity index (χ0v) is 14.1. The average Bonchev–Trinajstić information content (AvgIpc) is 2.53. The first kappa shape index (κ1) is 17.6. The maximum absolute atomic E-state index is 12.2. The van der Waals surface area contributed by atoms with Crippen LogP contribution in [0.5, 0.6) is 0 Å². The lowest BCUT2D eigenvalue weighted by Crippen LogP contribution is -2.23. The van der Waals surface area contributed by atoms with E-state index in [1.165, 1.54) is 23.8 Å². The number of carbonyl (C=O) groups is 1. The first-order valence-electron chi connectivity index (χ1n) is 7.62. The Morgan fingerprint density at radius 2 is 1.75 bits per heavy atom. The molecule has 24 heavy (non-hydrogen) atoms. The highest BCUT2D eigenvalue weighted by Crippen LogP contribution is 2.18. The van der Waals surface area contributed by atoms with Crippen molar-refractivity contribution in [1.29, 1.82) is 0 Å². The smallest absolute Gasteiger partial charge is 0.272 e. The van der Waals surface area contributed by atoms with Crippen molar-refractivity contribution in [2.75, 3.05) is 14.1 Å². The van der Waals surface area contributed by atoms with Crippen molar-refractivity contribution in [1.82, 2.24) is 10.2 Å². The molecule has 0 fully saturated rings. The summed E-state index contributed by atoms with van der Waals surface area (Å²) in [6, 6.07) is 12.4. The molecule has 0 aliphatic carbocycles. The maximum atomic E-state index is 12.2. The molecule has 1 N–H and O–H groups in total. The minimum Gasteiger partial charge on any atom is -0.348 e. The van der Waals surface area contributed by atoms with Crippen molar-refractivity contribution in [3.63, 3.8) is 0 Å². The zero-order valence-electron chi connectivity index (χ0n) is 14.1. The van der Waals surface area contributed by atoms with E-state index in [0.717, 1.165) is 12.1 Å². The number of benzene rings is 2. The first-order valence-corrected chi connectivity index (χ1v) is 7.62. The largest absolute Gasteiger partial charge is 0.348 e. The Balaban J connectivity index is 1.98. The highest BCUT2D eigenvalue weighted by Gasteiger charge is 2.13. The van der Waals surface area contributed by atoms with E-state index >= 15 is 0 Å². The van der Waals surface area contributed by atoms with Crippen molar-refractivity contribution >= 4 is 11.6 Å². The molecule has 2 aromatic carbocycles. The fourth-order valence-corrected chi connectivity index (χ4v) is 2.41. The number of rotatable bonds is 6. The molecule has 1 amide bonds. The van der Waals surface area contributed by atoms with Crippen LogP contribution in [0.2, 0.25) is 0 Å². The highest BCUT2D eigenvalue weighted by molar-refractivity contribution is 5.94. The third-order valence-corrected chi connectivity index (χ3v) is 3.63. The molecule has 0 saturated carbocycles. The van der Waals surface area contributed by atoms with Gasteiger partial charge in [-0.2, -0.15) is 0 Å². The molecule has 2 rings (SSSR count). The molecule has 0 heterocycles. The van der Waals surface area contributed by atoms with E-state index in [2.05, 4.69) is 10.2 Å². The van der Waals surface area contributed by atoms with Crippen LogP contribution >= 0.6 is 0 Å². The van der Waals surface area contributed by atoms with E-state index in [0.29, 0.717) is 17.7 Å². The molecule has 0 saturated heterocycles. The summed E-state index contributed by atoms with van der Waals surface area (Å²) in [5, 5.41) is 13.6. The van der Waals surface area contributed by atoms with Gasteiger partial charge in [-0.3, -0.25) is 14.9 Å². The number of nitro groups is 1. The second-order valence-corrected chi connectivity index (χ2v) is 6.00. The number of amides is 1. The van der Waals surface area contributed by atoms with Gasteiger partial charge >= 0.3 is 0 Å². The summed E-state index contributed by atoms with van der Waals surface area (Å²) in [5.74, 6) is -0.245. The second-order valence-electron chi connectivity index (χ2n) is 6.00. The molecule has 0 aliphatic heterocycles. The van der Waals surface area contributed by atoms with Crippen LogP contribution < -0.4 is 5.32 Å². The number of nitrogens with zero attached hydrogens (tertiary/aromatic N) is 2. The van der Waals surface area contributed by atoms with Crippen LogP contribution in [0.1, 0.15) is 27.0 Å². The molecule has 0 radical (unpaired) electrons. The molecule has 0 unspecified atom stereocenters. The monoisotopic (exact) mass is 327 g/mol. The van der Waals surface area contributed by atoms with Gasteiger partial charge in [-0.1, -0.05) is 24.3 Å². The van der Waals surface area contributed by atoms with Crippen LogP contribution in [0.4, 0.5) is 5.69 Å². The number of carbonyl (C=O) groups excluding carboxylic acids is 1. The number of aryl methyl sites for hydroxylation is 1. The van der Waals surface area contributed by atoms with E-state index in [9.17, 15) is 14.9 Å². The van der Waals surface area contributed by atoms with Gasteiger partial charge in [0.2, 0.25) is 0 Å². The Kier molecular flexibility index (Phi) is 5.65. The summed E-state index contributed by atoms with van der Waals surface area (Å²) >= 11 is 0. The van der Waals surface area contributed by atoms with E-state index in [4.69, 9.17) is 0 Å². The van der Waals surface area contributed by atoms with Crippen molar-refractivity contribution in [2.24, 2.45) is 0 Å². The topological polar surface area (TPSA) is 75.5 Å². The molecule has 0 atom stereocenters. The lowest BCUT2D eigenvalue weighted by atomic mass is 10.1. The molecule has 2 aromatic rings. The molecule has 126 valence electrons. The quantitative estimate of drug-likeness (QED) is 0.654. The molecular weight excluding hydrogens is 306 g/mol. The minimum atomic E-state index is -0.452. The van der Waals surface area contributed by atoms with Crippen molar-refractivity contribution < 1.29 is 9.72 Å². The molecule has 6 heteroatoms. The Morgan fingerprint density at radius 3 is 2.29 bits per heavy atom. The lowest BCUT2D eigenvalue weighted by molar-refractivity contribution is -0.385. The number of hydrogen-bond acceptors (Lipinski definition) is 4. The first-order chi connectivity index (χ1) is 11.4. The predicted octanol–water partition coefficient (Wildman–Crippen LogP) is 2.89. The second kappa shape index (κ2) is 7.70. The van der Waals surface area contributed by atoms with E-state index in [1.807, 2.05) is 38.4 Å². The summed E-state index contributed by atoms with van der Waals surface area (Å²) in [6.07, 6.45) is 0. The van der Waals surface area contributed by atoms with Crippen LogP contribution in [0.3, 0.4) is 0 Å². The van der Waals surface area contributed by atoms with Gasteiger partial charge < -0.3 is 10.2 Å². The Bertz CT molecular complexity index is 740. The molecule has 0 spiro atoms. The van der Waals surface area contributed by atoms with Gasteiger partial charge in [-0.25, -0.2) is 0 Å². The van der Waals surface area contributed by atoms with Gasteiger partial charge in [0.15, 0.2) is 0 Å². The summed E-state index contributed by atoms with van der Waals surface area (Å²) < 4.78 is 0. The summed E-state index contributed by atoms with van der Waals surface area (Å²) in [4.78, 5) is 24.6. The fraction of sp³-hybridized carbons (Fsp3) is 0.278. The van der Waals surface area contributed by atoms with Crippen LogP contribution in [-0.4, -0.2) is 29.8 Å². The van der Waals surface area contributed by atoms with Gasteiger partial charge in [0.25, 0.3) is 11.6 Å². The number of hydrogen-bond donors (Lipinski definition) is 1. The normalized spacial score (nSPS) is 10.7. The predicted molar refractivity (Wildman–Crippen MR) is 92.8 cm³/mol. The Labute approximate surface area is 141 Å². The van der Waals surface area contributed by atoms with Crippen LogP contribution in [0.25, 0.3) is 0 Å². The summed E-state index contributed by atoms with van der Waals surface area (Å²) in [7, 11) is 4.03. The molecule has 0 bridgehead atoms. The average molecular weight is 327 g/mol.